The molecule has 0 aromatic heterocycles. The summed E-state index contributed by atoms with van der Waals surface area (Å²) in [5.41, 5.74) is -0.357. The van der Waals surface area contributed by atoms with Crippen LogP contribution < -0.4 is 0 Å². The number of hydrogen-bond acceptors (Lipinski definition) is 2. The maximum absolute atomic E-state index is 11.2. The minimum atomic E-state index is -0.641. The molecule has 1 aliphatic heterocycles. The van der Waals surface area contributed by atoms with E-state index in [1.807, 2.05) is 6.92 Å². The fraction of sp³-hybridized carbons (Fsp3) is 0.917. The predicted molar refractivity (Wildman–Crippen MR) is 60.9 cm³/mol. The summed E-state index contributed by atoms with van der Waals surface area (Å²) in [4.78, 5) is 13.6. The molecule has 3 heteroatoms. The van der Waals surface area contributed by atoms with Gasteiger partial charge in [0.2, 0.25) is 0 Å². The summed E-state index contributed by atoms with van der Waals surface area (Å²) in [5.74, 6) is -0.641. The Hall–Kier alpha value is -0.570. The molecule has 0 spiro atoms. The van der Waals surface area contributed by atoms with E-state index >= 15 is 0 Å². The van der Waals surface area contributed by atoms with E-state index in [-0.39, 0.29) is 5.54 Å². The quantitative estimate of drug-likeness (QED) is 0.727. The van der Waals surface area contributed by atoms with Gasteiger partial charge in [0, 0.05) is 5.54 Å². The van der Waals surface area contributed by atoms with E-state index in [0.29, 0.717) is 0 Å². The van der Waals surface area contributed by atoms with Gasteiger partial charge in [-0.3, -0.25) is 9.69 Å². The van der Waals surface area contributed by atoms with Crippen molar-refractivity contribution >= 4 is 5.97 Å². The van der Waals surface area contributed by atoms with Crippen LogP contribution in [0.15, 0.2) is 0 Å². The summed E-state index contributed by atoms with van der Waals surface area (Å²) in [6, 6.07) is 0. The summed E-state index contributed by atoms with van der Waals surface area (Å²) in [6.07, 6.45) is 2.55. The lowest BCUT2D eigenvalue weighted by Gasteiger charge is -2.35. The molecule has 1 N–H and O–H groups in total. The lowest BCUT2D eigenvalue weighted by Crippen LogP contribution is -2.42. The molecule has 1 rings (SSSR count). The van der Waals surface area contributed by atoms with E-state index in [9.17, 15) is 9.90 Å². The van der Waals surface area contributed by atoms with Crippen LogP contribution in [-0.4, -0.2) is 34.6 Å². The van der Waals surface area contributed by atoms with Gasteiger partial charge < -0.3 is 5.11 Å². The molecular weight excluding hydrogens is 190 g/mol. The molecule has 0 aromatic rings. The van der Waals surface area contributed by atoms with Gasteiger partial charge in [0.1, 0.15) is 0 Å². The van der Waals surface area contributed by atoms with Crippen LogP contribution in [0.25, 0.3) is 0 Å². The molecule has 0 radical (unpaired) electrons. The molecule has 1 heterocycles. The summed E-state index contributed by atoms with van der Waals surface area (Å²) in [7, 11) is 0. The lowest BCUT2D eigenvalue weighted by atomic mass is 9.83. The average Bonchev–Trinajstić information content (AvgIpc) is 2.26. The maximum Gasteiger partial charge on any atom is 0.309 e. The molecule has 0 amide bonds. The summed E-state index contributed by atoms with van der Waals surface area (Å²) < 4.78 is 0. The number of nitrogens with zero attached hydrogens (tertiary/aromatic N) is 1. The molecule has 88 valence electrons. The Balaban J connectivity index is 2.68. The van der Waals surface area contributed by atoms with Gasteiger partial charge >= 0.3 is 5.97 Å². The second kappa shape index (κ2) is 4.12. The first-order valence-electron chi connectivity index (χ1n) is 5.74. The Morgan fingerprint density at radius 2 is 1.87 bits per heavy atom. The normalized spacial score (nSPS) is 29.9. The highest BCUT2D eigenvalue weighted by atomic mass is 16.4. The van der Waals surface area contributed by atoms with Crippen LogP contribution in [0.3, 0.4) is 0 Å². The van der Waals surface area contributed by atoms with Gasteiger partial charge in [-0.2, -0.15) is 0 Å². The first-order chi connectivity index (χ1) is 6.76. The van der Waals surface area contributed by atoms with Crippen molar-refractivity contribution in [1.82, 2.24) is 4.90 Å². The first-order valence-corrected chi connectivity index (χ1v) is 5.74. The molecule has 0 aliphatic carbocycles. The number of hydrogen-bond donors (Lipinski definition) is 1. The molecule has 0 unspecified atom stereocenters. The third-order valence-electron chi connectivity index (χ3n) is 3.56. The molecule has 3 nitrogen and oxygen atoms in total. The van der Waals surface area contributed by atoms with E-state index in [1.54, 1.807) is 0 Å². The van der Waals surface area contributed by atoms with Crippen molar-refractivity contribution in [2.75, 3.05) is 13.1 Å². The molecule has 1 aliphatic rings. The van der Waals surface area contributed by atoms with E-state index in [2.05, 4.69) is 25.7 Å². The van der Waals surface area contributed by atoms with Crippen molar-refractivity contribution < 1.29 is 9.90 Å². The molecule has 1 atom stereocenters. The van der Waals surface area contributed by atoms with Crippen LogP contribution in [0.5, 0.6) is 0 Å². The van der Waals surface area contributed by atoms with Crippen molar-refractivity contribution in [3.63, 3.8) is 0 Å². The first kappa shape index (κ1) is 12.5. The average molecular weight is 213 g/mol. The number of carboxylic acid groups (broad SMARTS) is 1. The van der Waals surface area contributed by atoms with Crippen LogP contribution in [-0.2, 0) is 4.79 Å². The zero-order chi connectivity index (χ0) is 11.7. The number of carboxylic acids is 1. The molecule has 15 heavy (non-hydrogen) atoms. The van der Waals surface area contributed by atoms with Gasteiger partial charge in [0.05, 0.1) is 5.41 Å². The van der Waals surface area contributed by atoms with E-state index in [4.69, 9.17) is 0 Å². The van der Waals surface area contributed by atoms with Crippen molar-refractivity contribution in [2.45, 2.75) is 52.5 Å². The molecule has 1 fully saturated rings. The van der Waals surface area contributed by atoms with Crippen molar-refractivity contribution in [2.24, 2.45) is 5.41 Å². The zero-order valence-electron chi connectivity index (χ0n) is 10.3. The van der Waals surface area contributed by atoms with Crippen LogP contribution >= 0.6 is 0 Å². The highest BCUT2D eigenvalue weighted by Gasteiger charge is 2.36. The molecule has 0 saturated carbocycles. The Labute approximate surface area is 92.5 Å². The second-order valence-electron chi connectivity index (χ2n) is 5.88. The Bertz CT molecular complexity index is 244. The smallest absolute Gasteiger partial charge is 0.309 e. The highest BCUT2D eigenvalue weighted by Crippen LogP contribution is 2.32. The molecular formula is C12H23NO2. The van der Waals surface area contributed by atoms with Gasteiger partial charge in [-0.1, -0.05) is 0 Å². The van der Waals surface area contributed by atoms with Crippen molar-refractivity contribution in [3.05, 3.63) is 0 Å². The number of likely N-dealkylation sites (tertiary alicyclic amines) is 1. The maximum atomic E-state index is 11.2. The van der Waals surface area contributed by atoms with Crippen LogP contribution in [0.2, 0.25) is 0 Å². The minimum absolute atomic E-state index is 0.157. The zero-order valence-corrected chi connectivity index (χ0v) is 10.3. The number of carbonyl (C=O) groups is 1. The Morgan fingerprint density at radius 3 is 2.33 bits per heavy atom. The fourth-order valence-corrected chi connectivity index (χ4v) is 2.16. The van der Waals surface area contributed by atoms with Crippen LogP contribution in [0.4, 0.5) is 0 Å². The lowest BCUT2D eigenvalue weighted by molar-refractivity contribution is -0.148. The number of aliphatic carboxylic acids is 1. The molecule has 0 aromatic carbocycles. The van der Waals surface area contributed by atoms with Gasteiger partial charge in [-0.05, 0) is 60.0 Å². The van der Waals surface area contributed by atoms with Gasteiger partial charge in [-0.25, -0.2) is 0 Å². The fourth-order valence-electron chi connectivity index (χ4n) is 2.16. The van der Waals surface area contributed by atoms with Crippen molar-refractivity contribution in [3.8, 4) is 0 Å². The van der Waals surface area contributed by atoms with Crippen LogP contribution in [0.1, 0.15) is 47.0 Å². The largest absolute Gasteiger partial charge is 0.481 e. The summed E-state index contributed by atoms with van der Waals surface area (Å²) in [6.45, 7) is 10.4. The number of rotatable bonds is 1. The van der Waals surface area contributed by atoms with Crippen LogP contribution in [0, 0.1) is 5.41 Å². The second-order valence-corrected chi connectivity index (χ2v) is 5.88. The Kier molecular flexibility index (Phi) is 3.44. The minimum Gasteiger partial charge on any atom is -0.481 e. The van der Waals surface area contributed by atoms with Crippen molar-refractivity contribution in [1.29, 1.82) is 0 Å². The topological polar surface area (TPSA) is 40.5 Å². The SMILES string of the molecule is CC(C)(C)N1CCC[C@](C)(C(=O)O)CC1. The van der Waals surface area contributed by atoms with E-state index in [0.717, 1.165) is 32.4 Å². The van der Waals surface area contributed by atoms with Gasteiger partial charge in [0.25, 0.3) is 0 Å². The standard InChI is InChI=1S/C12H23NO2/c1-11(2,3)13-8-5-6-12(4,7-9-13)10(14)15/h5-9H2,1-4H3,(H,14,15)/t12-/m0/s1. The molecule has 1 saturated heterocycles. The summed E-state index contributed by atoms with van der Waals surface area (Å²) in [5, 5.41) is 9.19. The Morgan fingerprint density at radius 1 is 1.27 bits per heavy atom. The third-order valence-corrected chi connectivity index (χ3v) is 3.56. The molecule has 0 bridgehead atoms. The monoisotopic (exact) mass is 213 g/mol. The van der Waals surface area contributed by atoms with E-state index in [1.165, 1.54) is 0 Å². The predicted octanol–water partition coefficient (Wildman–Crippen LogP) is 2.36. The highest BCUT2D eigenvalue weighted by molar-refractivity contribution is 5.74. The van der Waals surface area contributed by atoms with Gasteiger partial charge in [-0.15, -0.1) is 0 Å². The third kappa shape index (κ3) is 2.94. The van der Waals surface area contributed by atoms with E-state index < -0.39 is 11.4 Å². The summed E-state index contributed by atoms with van der Waals surface area (Å²) >= 11 is 0. The van der Waals surface area contributed by atoms with Gasteiger partial charge in [0.15, 0.2) is 0 Å².